The molecule has 0 spiro atoms. The number of Topliss-reactive ketones (excluding diaryl/α,β-unsaturated/α-hetero) is 1. The lowest BCUT2D eigenvalue weighted by molar-refractivity contribution is 0.0996. The number of carbonyl (C=O) groups is 1. The summed E-state index contributed by atoms with van der Waals surface area (Å²) in [6.45, 7) is 1.86. The average Bonchev–Trinajstić information content (AvgIpc) is 2.76. The molecule has 2 aromatic rings. The van der Waals surface area contributed by atoms with E-state index in [2.05, 4.69) is 4.98 Å². The summed E-state index contributed by atoms with van der Waals surface area (Å²) in [5.41, 5.74) is 3.47. The zero-order valence-electron chi connectivity index (χ0n) is 9.77. The molecule has 0 amide bonds. The fourth-order valence-electron chi connectivity index (χ4n) is 1.62. The molecular weight excluding hydrogens is 234 g/mol. The first-order chi connectivity index (χ1) is 8.20. The monoisotopic (exact) mass is 247 g/mol. The number of benzene rings is 1. The van der Waals surface area contributed by atoms with Crippen molar-refractivity contribution in [3.63, 3.8) is 0 Å². The first kappa shape index (κ1) is 11.8. The topological polar surface area (TPSA) is 39.2 Å². The summed E-state index contributed by atoms with van der Waals surface area (Å²) in [5.74, 6) is 0.884. The number of nitrogens with zero attached hydrogens (tertiary/aromatic N) is 1. The molecule has 0 bridgehead atoms. The van der Waals surface area contributed by atoms with Crippen LogP contribution in [0.4, 0.5) is 0 Å². The molecule has 1 heterocycles. The molecule has 0 atom stereocenters. The number of aryl methyl sites for hydroxylation is 1. The fourth-order valence-corrected chi connectivity index (χ4v) is 2.36. The number of hydrogen-bond acceptors (Lipinski definition) is 4. The van der Waals surface area contributed by atoms with Gasteiger partial charge in [-0.25, -0.2) is 4.98 Å². The van der Waals surface area contributed by atoms with E-state index in [-0.39, 0.29) is 5.78 Å². The maximum atomic E-state index is 12.0. The second-order valence-corrected chi connectivity index (χ2v) is 4.57. The molecule has 0 N–H and O–H groups in total. The number of carbonyl (C=O) groups excluding carboxylic acids is 1. The van der Waals surface area contributed by atoms with Crippen LogP contribution in [0.1, 0.15) is 20.9 Å². The Labute approximate surface area is 104 Å². The van der Waals surface area contributed by atoms with Crippen LogP contribution in [0, 0.1) is 6.92 Å². The summed E-state index contributed by atoms with van der Waals surface area (Å²) < 4.78 is 5.13. The first-order valence-corrected chi connectivity index (χ1v) is 6.15. The molecule has 1 aromatic heterocycles. The maximum Gasteiger partial charge on any atom is 0.179 e. The Kier molecular flexibility index (Phi) is 3.54. The van der Waals surface area contributed by atoms with Gasteiger partial charge in [0.05, 0.1) is 23.2 Å². The molecule has 0 unspecified atom stereocenters. The number of rotatable bonds is 4. The van der Waals surface area contributed by atoms with Crippen LogP contribution in [-0.2, 0) is 6.42 Å². The zero-order chi connectivity index (χ0) is 12.3. The third-order valence-corrected chi connectivity index (χ3v) is 3.47. The Morgan fingerprint density at radius 1 is 1.47 bits per heavy atom. The molecule has 88 valence electrons. The third kappa shape index (κ3) is 2.71. The Balaban J connectivity index is 2.16. The van der Waals surface area contributed by atoms with Crippen molar-refractivity contribution in [3.8, 4) is 5.75 Å². The van der Waals surface area contributed by atoms with Gasteiger partial charge in [0.1, 0.15) is 5.75 Å². The molecule has 0 saturated heterocycles. The van der Waals surface area contributed by atoms with Crippen molar-refractivity contribution >= 4 is 17.1 Å². The number of thiazole rings is 1. The number of ether oxygens (including phenoxy) is 1. The molecule has 0 saturated carbocycles. The van der Waals surface area contributed by atoms with Crippen LogP contribution < -0.4 is 4.74 Å². The Morgan fingerprint density at radius 2 is 2.29 bits per heavy atom. The highest BCUT2D eigenvalue weighted by Gasteiger charge is 2.12. The molecule has 4 heteroatoms. The predicted molar refractivity (Wildman–Crippen MR) is 67.9 cm³/mol. The van der Waals surface area contributed by atoms with Crippen LogP contribution in [0.3, 0.4) is 0 Å². The van der Waals surface area contributed by atoms with Crippen LogP contribution in [0.2, 0.25) is 0 Å². The second kappa shape index (κ2) is 5.10. The van der Waals surface area contributed by atoms with E-state index in [4.69, 9.17) is 4.74 Å². The molecule has 17 heavy (non-hydrogen) atoms. The Bertz CT molecular complexity index is 534. The SMILES string of the molecule is COc1cccc(CC(=O)c2scnc2C)c1. The van der Waals surface area contributed by atoms with Gasteiger partial charge < -0.3 is 4.74 Å². The van der Waals surface area contributed by atoms with Gasteiger partial charge >= 0.3 is 0 Å². The summed E-state index contributed by atoms with van der Waals surface area (Å²) in [5, 5.41) is 0. The van der Waals surface area contributed by atoms with Crippen molar-refractivity contribution in [1.82, 2.24) is 4.98 Å². The van der Waals surface area contributed by atoms with Crippen molar-refractivity contribution < 1.29 is 9.53 Å². The van der Waals surface area contributed by atoms with E-state index in [1.54, 1.807) is 12.6 Å². The van der Waals surface area contributed by atoms with Crippen LogP contribution in [0.15, 0.2) is 29.8 Å². The van der Waals surface area contributed by atoms with Gasteiger partial charge in [-0.15, -0.1) is 11.3 Å². The van der Waals surface area contributed by atoms with Crippen molar-refractivity contribution in [2.45, 2.75) is 13.3 Å². The molecular formula is C13H13NO2S. The number of hydrogen-bond donors (Lipinski definition) is 0. The predicted octanol–water partition coefficient (Wildman–Crippen LogP) is 2.89. The largest absolute Gasteiger partial charge is 0.497 e. The highest BCUT2D eigenvalue weighted by atomic mass is 32.1. The number of aromatic nitrogens is 1. The van der Waals surface area contributed by atoms with Crippen molar-refractivity contribution in [1.29, 1.82) is 0 Å². The summed E-state index contributed by atoms with van der Waals surface area (Å²) >= 11 is 1.39. The standard InChI is InChI=1S/C13H13NO2S/c1-9-13(17-8-14-9)12(15)7-10-4-3-5-11(6-10)16-2/h3-6,8H,7H2,1-2H3. The van der Waals surface area contributed by atoms with E-state index in [0.717, 1.165) is 21.9 Å². The first-order valence-electron chi connectivity index (χ1n) is 5.27. The molecule has 0 aliphatic rings. The van der Waals surface area contributed by atoms with E-state index in [0.29, 0.717) is 6.42 Å². The molecule has 2 rings (SSSR count). The third-order valence-electron chi connectivity index (χ3n) is 2.50. The van der Waals surface area contributed by atoms with Gasteiger partial charge in [0.15, 0.2) is 5.78 Å². The van der Waals surface area contributed by atoms with Gasteiger partial charge in [-0.1, -0.05) is 12.1 Å². The van der Waals surface area contributed by atoms with Crippen molar-refractivity contribution in [2.24, 2.45) is 0 Å². The summed E-state index contributed by atoms with van der Waals surface area (Å²) in [4.78, 5) is 16.9. The molecule has 1 aromatic carbocycles. The fraction of sp³-hybridized carbons (Fsp3) is 0.231. The normalized spacial score (nSPS) is 10.2. The van der Waals surface area contributed by atoms with E-state index in [1.807, 2.05) is 31.2 Å². The minimum absolute atomic E-state index is 0.109. The minimum atomic E-state index is 0.109. The second-order valence-electron chi connectivity index (χ2n) is 3.72. The van der Waals surface area contributed by atoms with Gasteiger partial charge in [0.25, 0.3) is 0 Å². The van der Waals surface area contributed by atoms with E-state index in [9.17, 15) is 4.79 Å². The number of ketones is 1. The quantitative estimate of drug-likeness (QED) is 0.780. The minimum Gasteiger partial charge on any atom is -0.497 e. The van der Waals surface area contributed by atoms with E-state index < -0.39 is 0 Å². The summed E-state index contributed by atoms with van der Waals surface area (Å²) in [6.07, 6.45) is 0.389. The number of methoxy groups -OCH3 is 1. The Hall–Kier alpha value is -1.68. The summed E-state index contributed by atoms with van der Waals surface area (Å²) in [6, 6.07) is 7.57. The highest BCUT2D eigenvalue weighted by molar-refractivity contribution is 7.11. The van der Waals surface area contributed by atoms with Gasteiger partial charge in [0, 0.05) is 6.42 Å². The maximum absolute atomic E-state index is 12.0. The lowest BCUT2D eigenvalue weighted by atomic mass is 10.1. The van der Waals surface area contributed by atoms with Gasteiger partial charge in [-0.05, 0) is 24.6 Å². The van der Waals surface area contributed by atoms with Gasteiger partial charge in [-0.3, -0.25) is 4.79 Å². The van der Waals surface area contributed by atoms with Crippen LogP contribution in [0.25, 0.3) is 0 Å². The van der Waals surface area contributed by atoms with Gasteiger partial charge in [0.2, 0.25) is 0 Å². The van der Waals surface area contributed by atoms with Crippen LogP contribution in [0.5, 0.6) is 5.75 Å². The molecule has 0 fully saturated rings. The lowest BCUT2D eigenvalue weighted by Crippen LogP contribution is -2.03. The smallest absolute Gasteiger partial charge is 0.179 e. The lowest BCUT2D eigenvalue weighted by Gasteiger charge is -2.03. The molecule has 3 nitrogen and oxygen atoms in total. The zero-order valence-corrected chi connectivity index (χ0v) is 10.6. The summed E-state index contributed by atoms with van der Waals surface area (Å²) in [7, 11) is 1.62. The highest BCUT2D eigenvalue weighted by Crippen LogP contribution is 2.18. The van der Waals surface area contributed by atoms with Crippen LogP contribution in [-0.4, -0.2) is 17.9 Å². The van der Waals surface area contributed by atoms with E-state index >= 15 is 0 Å². The molecule has 0 radical (unpaired) electrons. The molecule has 0 aliphatic heterocycles. The van der Waals surface area contributed by atoms with Crippen molar-refractivity contribution in [3.05, 3.63) is 45.9 Å². The van der Waals surface area contributed by atoms with E-state index in [1.165, 1.54) is 11.3 Å². The van der Waals surface area contributed by atoms with Gasteiger partial charge in [-0.2, -0.15) is 0 Å². The van der Waals surface area contributed by atoms with Crippen molar-refractivity contribution in [2.75, 3.05) is 7.11 Å². The van der Waals surface area contributed by atoms with Crippen LogP contribution >= 0.6 is 11.3 Å². The average molecular weight is 247 g/mol. The molecule has 0 aliphatic carbocycles. The Morgan fingerprint density at radius 3 is 2.94 bits per heavy atom.